The minimum absolute atomic E-state index is 0.0321. The summed E-state index contributed by atoms with van der Waals surface area (Å²) in [6, 6.07) is 14.9. The summed E-state index contributed by atoms with van der Waals surface area (Å²) in [6.07, 6.45) is 3.87. The lowest BCUT2D eigenvalue weighted by Gasteiger charge is -2.27. The SMILES string of the molecule is CC(C)CN(c1ccc(Cl)cc1OCc1ccc(/C=C/C(=O)O)cc1)S(=O)(=O)c1ccco1. The van der Waals surface area contributed by atoms with Crippen molar-refractivity contribution in [3.05, 3.63) is 83.1 Å². The molecule has 0 spiro atoms. The summed E-state index contributed by atoms with van der Waals surface area (Å²) in [4.78, 5) is 10.7. The van der Waals surface area contributed by atoms with Crippen molar-refractivity contribution in [2.45, 2.75) is 25.5 Å². The van der Waals surface area contributed by atoms with Crippen LogP contribution in [0.25, 0.3) is 6.08 Å². The Morgan fingerprint density at radius 2 is 1.91 bits per heavy atom. The first-order valence-electron chi connectivity index (χ1n) is 10.2. The Bertz CT molecular complexity index is 1220. The Labute approximate surface area is 197 Å². The standard InChI is InChI=1S/C24H24ClNO6S/c1-17(2)15-26(33(29,30)24-4-3-13-31-24)21-11-10-20(25)14-22(21)32-16-19-7-5-18(6-8-19)9-12-23(27)28/h3-14,17H,15-16H2,1-2H3,(H,27,28)/b12-9+. The maximum atomic E-state index is 13.3. The lowest BCUT2D eigenvalue weighted by atomic mass is 10.1. The molecular weight excluding hydrogens is 466 g/mol. The van der Waals surface area contributed by atoms with Gasteiger partial charge in [-0.3, -0.25) is 4.31 Å². The van der Waals surface area contributed by atoms with Crippen LogP contribution < -0.4 is 9.04 Å². The Morgan fingerprint density at radius 1 is 1.18 bits per heavy atom. The molecule has 0 saturated heterocycles. The van der Waals surface area contributed by atoms with Crippen molar-refractivity contribution < 1.29 is 27.5 Å². The number of carboxylic acid groups (broad SMARTS) is 1. The summed E-state index contributed by atoms with van der Waals surface area (Å²) in [7, 11) is -3.96. The topological polar surface area (TPSA) is 97.0 Å². The van der Waals surface area contributed by atoms with E-state index in [4.69, 9.17) is 25.9 Å². The summed E-state index contributed by atoms with van der Waals surface area (Å²) in [5, 5.41) is 8.98. The van der Waals surface area contributed by atoms with Crippen LogP contribution in [-0.4, -0.2) is 26.0 Å². The zero-order valence-electron chi connectivity index (χ0n) is 18.1. The van der Waals surface area contributed by atoms with Crippen molar-refractivity contribution in [1.82, 2.24) is 0 Å². The van der Waals surface area contributed by atoms with E-state index in [0.29, 0.717) is 16.5 Å². The fourth-order valence-electron chi connectivity index (χ4n) is 3.04. The third kappa shape index (κ3) is 6.40. The molecule has 3 rings (SSSR count). The van der Waals surface area contributed by atoms with Crippen molar-refractivity contribution in [3.8, 4) is 5.75 Å². The molecule has 0 aliphatic carbocycles. The van der Waals surface area contributed by atoms with Gasteiger partial charge in [-0.1, -0.05) is 49.7 Å². The number of rotatable bonds is 10. The highest BCUT2D eigenvalue weighted by Gasteiger charge is 2.30. The number of ether oxygens (including phenoxy) is 1. The maximum absolute atomic E-state index is 13.3. The second-order valence-electron chi connectivity index (χ2n) is 7.68. The van der Waals surface area contributed by atoms with E-state index in [9.17, 15) is 13.2 Å². The maximum Gasteiger partial charge on any atom is 0.328 e. The number of benzene rings is 2. The van der Waals surface area contributed by atoms with Gasteiger partial charge >= 0.3 is 5.97 Å². The number of aliphatic carboxylic acids is 1. The second kappa shape index (κ2) is 10.6. The molecule has 0 radical (unpaired) electrons. The van der Waals surface area contributed by atoms with Crippen LogP contribution in [0.2, 0.25) is 5.02 Å². The fraction of sp³-hybridized carbons (Fsp3) is 0.208. The zero-order chi connectivity index (χ0) is 24.0. The number of nitrogens with zero attached hydrogens (tertiary/aromatic N) is 1. The van der Waals surface area contributed by atoms with Gasteiger partial charge in [0.05, 0.1) is 12.0 Å². The van der Waals surface area contributed by atoms with Crippen LogP contribution >= 0.6 is 11.6 Å². The molecular formula is C24H24ClNO6S. The van der Waals surface area contributed by atoms with Gasteiger partial charge in [-0.15, -0.1) is 0 Å². The van der Waals surface area contributed by atoms with Crippen molar-refractivity contribution in [1.29, 1.82) is 0 Å². The molecule has 0 aliphatic rings. The molecule has 174 valence electrons. The molecule has 0 atom stereocenters. The quantitative estimate of drug-likeness (QED) is 0.380. The van der Waals surface area contributed by atoms with E-state index in [1.807, 2.05) is 13.8 Å². The number of furan rings is 1. The zero-order valence-corrected chi connectivity index (χ0v) is 19.7. The average Bonchev–Trinajstić information content (AvgIpc) is 3.31. The first-order valence-corrected chi connectivity index (χ1v) is 12.0. The molecule has 9 heteroatoms. The monoisotopic (exact) mass is 489 g/mol. The predicted octanol–water partition coefficient (Wildman–Crippen LogP) is 5.46. The number of carbonyl (C=O) groups is 1. The van der Waals surface area contributed by atoms with E-state index in [-0.39, 0.29) is 24.2 Å². The van der Waals surface area contributed by atoms with Crippen molar-refractivity contribution in [2.75, 3.05) is 10.8 Å². The van der Waals surface area contributed by atoms with Crippen molar-refractivity contribution in [3.63, 3.8) is 0 Å². The van der Waals surface area contributed by atoms with Gasteiger partial charge < -0.3 is 14.3 Å². The molecule has 0 unspecified atom stereocenters. The van der Waals surface area contributed by atoms with Gasteiger partial charge in [0.25, 0.3) is 10.0 Å². The van der Waals surface area contributed by atoms with Crippen LogP contribution in [0.1, 0.15) is 25.0 Å². The highest BCUT2D eigenvalue weighted by atomic mass is 35.5. The molecule has 0 saturated carbocycles. The third-order valence-corrected chi connectivity index (χ3v) is 6.46. The van der Waals surface area contributed by atoms with E-state index in [0.717, 1.165) is 17.2 Å². The molecule has 1 heterocycles. The largest absolute Gasteiger partial charge is 0.487 e. The molecule has 1 N–H and O–H groups in total. The van der Waals surface area contributed by atoms with Crippen molar-refractivity contribution >= 4 is 39.4 Å². The molecule has 0 fully saturated rings. The summed E-state index contributed by atoms with van der Waals surface area (Å²) in [5.41, 5.74) is 1.90. The van der Waals surface area contributed by atoms with Gasteiger partial charge in [0, 0.05) is 23.7 Å². The summed E-state index contributed by atoms with van der Waals surface area (Å²) in [6.45, 7) is 4.21. The van der Waals surface area contributed by atoms with Gasteiger partial charge in [-0.2, -0.15) is 8.42 Å². The average molecular weight is 490 g/mol. The van der Waals surface area contributed by atoms with Gasteiger partial charge in [0.15, 0.2) is 0 Å². The van der Waals surface area contributed by atoms with Crippen molar-refractivity contribution in [2.24, 2.45) is 5.92 Å². The van der Waals surface area contributed by atoms with Gasteiger partial charge in [0.1, 0.15) is 12.4 Å². The van der Waals surface area contributed by atoms with Gasteiger partial charge in [-0.05, 0) is 47.4 Å². The van der Waals surface area contributed by atoms with Gasteiger partial charge in [0.2, 0.25) is 5.09 Å². The number of hydrogen-bond acceptors (Lipinski definition) is 5. The minimum atomic E-state index is -3.96. The smallest absolute Gasteiger partial charge is 0.328 e. The van der Waals surface area contributed by atoms with E-state index < -0.39 is 16.0 Å². The molecule has 3 aromatic rings. The fourth-order valence-corrected chi connectivity index (χ4v) is 4.75. The normalized spacial score (nSPS) is 11.8. The summed E-state index contributed by atoms with van der Waals surface area (Å²) in [5.74, 6) is -0.677. The van der Waals surface area contributed by atoms with Crippen LogP contribution in [0.15, 0.2) is 76.4 Å². The van der Waals surface area contributed by atoms with Crippen LogP contribution in [0, 0.1) is 5.92 Å². The third-order valence-electron chi connectivity index (χ3n) is 4.55. The number of anilines is 1. The first kappa shape index (κ1) is 24.4. The van der Waals surface area contributed by atoms with Crippen LogP contribution in [0.5, 0.6) is 5.75 Å². The highest BCUT2D eigenvalue weighted by molar-refractivity contribution is 7.92. The summed E-state index contributed by atoms with van der Waals surface area (Å²) >= 11 is 6.18. The van der Waals surface area contributed by atoms with Crippen LogP contribution in [0.4, 0.5) is 5.69 Å². The predicted molar refractivity (Wildman–Crippen MR) is 127 cm³/mol. The Balaban J connectivity index is 1.89. The molecule has 0 bridgehead atoms. The lowest BCUT2D eigenvalue weighted by molar-refractivity contribution is -0.131. The molecule has 0 amide bonds. The Hall–Kier alpha value is -3.23. The Kier molecular flexibility index (Phi) is 7.84. The molecule has 33 heavy (non-hydrogen) atoms. The number of halogens is 1. The molecule has 2 aromatic carbocycles. The molecule has 7 nitrogen and oxygen atoms in total. The first-order chi connectivity index (χ1) is 15.7. The molecule has 1 aromatic heterocycles. The van der Waals surface area contributed by atoms with Crippen LogP contribution in [0.3, 0.4) is 0 Å². The van der Waals surface area contributed by atoms with E-state index >= 15 is 0 Å². The van der Waals surface area contributed by atoms with Gasteiger partial charge in [-0.25, -0.2) is 4.79 Å². The molecule has 0 aliphatic heterocycles. The van der Waals surface area contributed by atoms with E-state index in [2.05, 4.69) is 0 Å². The van der Waals surface area contributed by atoms with E-state index in [1.54, 1.807) is 42.5 Å². The number of carboxylic acids is 1. The number of hydrogen-bond donors (Lipinski definition) is 1. The highest BCUT2D eigenvalue weighted by Crippen LogP contribution is 2.36. The second-order valence-corrected chi connectivity index (χ2v) is 9.91. The summed E-state index contributed by atoms with van der Waals surface area (Å²) < 4.78 is 39.0. The number of sulfonamides is 1. The Morgan fingerprint density at radius 3 is 2.52 bits per heavy atom. The van der Waals surface area contributed by atoms with E-state index in [1.165, 1.54) is 28.8 Å². The lowest BCUT2D eigenvalue weighted by Crippen LogP contribution is -2.34. The van der Waals surface area contributed by atoms with Crippen LogP contribution in [-0.2, 0) is 21.4 Å². The minimum Gasteiger partial charge on any atom is -0.487 e.